The molecule has 2 atom stereocenters. The predicted octanol–water partition coefficient (Wildman–Crippen LogP) is 3.06. The first-order chi connectivity index (χ1) is 5.56. The number of hydrogen-bond acceptors (Lipinski definition) is 1. The smallest absolute Gasteiger partial charge is 0.212 e. The van der Waals surface area contributed by atoms with E-state index in [-0.39, 0.29) is 0 Å². The van der Waals surface area contributed by atoms with E-state index in [4.69, 9.17) is 27.9 Å². The molecular formula is C9H8Cl2O. The Bertz CT molecular complexity index is 297. The molecule has 1 saturated heterocycles. The molecule has 0 unspecified atom stereocenters. The topological polar surface area (TPSA) is 12.5 Å². The fraction of sp³-hybridized carbons (Fsp3) is 0.333. The van der Waals surface area contributed by atoms with E-state index in [1.54, 1.807) is 6.92 Å². The van der Waals surface area contributed by atoms with Crippen molar-refractivity contribution in [3.05, 3.63) is 35.9 Å². The molecule has 0 N–H and O–H groups in total. The summed E-state index contributed by atoms with van der Waals surface area (Å²) in [5.41, 5.74) is 0.907. The summed E-state index contributed by atoms with van der Waals surface area (Å²) in [7, 11) is 0. The van der Waals surface area contributed by atoms with Crippen LogP contribution < -0.4 is 0 Å². The van der Waals surface area contributed by atoms with Gasteiger partial charge in [0, 0.05) is 5.56 Å². The SMILES string of the molecule is C[C@]1(Cl)O[C@]1(Cl)c1ccccc1. The van der Waals surface area contributed by atoms with E-state index in [2.05, 4.69) is 0 Å². The zero-order chi connectivity index (χ0) is 8.82. The average Bonchev–Trinajstić information content (AvgIpc) is 2.55. The maximum absolute atomic E-state index is 6.11. The highest BCUT2D eigenvalue weighted by Gasteiger charge is 2.66. The maximum Gasteiger partial charge on any atom is 0.212 e. The van der Waals surface area contributed by atoms with Crippen molar-refractivity contribution in [1.82, 2.24) is 0 Å². The molecule has 1 aromatic carbocycles. The summed E-state index contributed by atoms with van der Waals surface area (Å²) in [5.74, 6) is 0. The van der Waals surface area contributed by atoms with Crippen LogP contribution in [0.5, 0.6) is 0 Å². The summed E-state index contributed by atoms with van der Waals surface area (Å²) in [4.78, 5) is 0. The van der Waals surface area contributed by atoms with Crippen LogP contribution in [0.25, 0.3) is 0 Å². The molecule has 2 rings (SSSR count). The Labute approximate surface area is 81.2 Å². The molecule has 12 heavy (non-hydrogen) atoms. The van der Waals surface area contributed by atoms with E-state index < -0.39 is 10.1 Å². The van der Waals surface area contributed by atoms with Crippen LogP contribution in [0.15, 0.2) is 30.3 Å². The molecule has 0 spiro atoms. The molecule has 1 nitrogen and oxygen atoms in total. The molecule has 0 saturated carbocycles. The van der Waals surface area contributed by atoms with E-state index in [1.165, 1.54) is 0 Å². The summed E-state index contributed by atoms with van der Waals surface area (Å²) in [6.45, 7) is 1.76. The van der Waals surface area contributed by atoms with Gasteiger partial charge in [-0.25, -0.2) is 0 Å². The Hall–Kier alpha value is -0.240. The first kappa shape index (κ1) is 8.36. The third kappa shape index (κ3) is 1.05. The fourth-order valence-corrected chi connectivity index (χ4v) is 1.75. The van der Waals surface area contributed by atoms with Gasteiger partial charge in [0.15, 0.2) is 5.06 Å². The van der Waals surface area contributed by atoms with Gasteiger partial charge in [0.1, 0.15) is 0 Å². The van der Waals surface area contributed by atoms with E-state index >= 15 is 0 Å². The number of hydrogen-bond donors (Lipinski definition) is 0. The van der Waals surface area contributed by atoms with Crippen molar-refractivity contribution in [2.75, 3.05) is 0 Å². The highest BCUT2D eigenvalue weighted by Crippen LogP contribution is 2.61. The summed E-state index contributed by atoms with van der Waals surface area (Å²) >= 11 is 12.0. The molecule has 3 heteroatoms. The van der Waals surface area contributed by atoms with Crippen LogP contribution in [0.1, 0.15) is 12.5 Å². The lowest BCUT2D eigenvalue weighted by atomic mass is 10.1. The summed E-state index contributed by atoms with van der Waals surface area (Å²) in [6, 6.07) is 9.56. The Kier molecular flexibility index (Phi) is 1.66. The minimum absolute atomic E-state index is 0.754. The summed E-state index contributed by atoms with van der Waals surface area (Å²) < 4.78 is 5.21. The molecular weight excluding hydrogens is 195 g/mol. The van der Waals surface area contributed by atoms with E-state index in [0.717, 1.165) is 5.56 Å². The Morgan fingerprint density at radius 1 is 1.17 bits per heavy atom. The molecule has 0 aliphatic carbocycles. The lowest BCUT2D eigenvalue weighted by Crippen LogP contribution is -2.08. The van der Waals surface area contributed by atoms with Crippen LogP contribution in [0, 0.1) is 0 Å². The Morgan fingerprint density at radius 3 is 2.08 bits per heavy atom. The van der Waals surface area contributed by atoms with Gasteiger partial charge in [-0.15, -0.1) is 0 Å². The second-order valence-electron chi connectivity index (χ2n) is 2.98. The molecule has 1 heterocycles. The molecule has 1 aliphatic heterocycles. The quantitative estimate of drug-likeness (QED) is 0.504. The van der Waals surface area contributed by atoms with Crippen molar-refractivity contribution < 1.29 is 4.74 Å². The van der Waals surface area contributed by atoms with Crippen LogP contribution in [-0.4, -0.2) is 5.06 Å². The zero-order valence-corrected chi connectivity index (χ0v) is 8.06. The molecule has 0 amide bonds. The normalized spacial score (nSPS) is 39.6. The van der Waals surface area contributed by atoms with Crippen molar-refractivity contribution in [3.63, 3.8) is 0 Å². The number of ether oxygens (including phenoxy) is 1. The standard InChI is InChI=1S/C9H8Cl2O/c1-8(10)9(11,12-8)7-5-3-2-4-6-7/h2-6H,1H3/t8-,9+/m0/s1. The van der Waals surface area contributed by atoms with Crippen LogP contribution in [0.2, 0.25) is 0 Å². The van der Waals surface area contributed by atoms with Crippen LogP contribution in [0.3, 0.4) is 0 Å². The van der Waals surface area contributed by atoms with Gasteiger partial charge in [-0.1, -0.05) is 53.5 Å². The number of rotatable bonds is 1. The lowest BCUT2D eigenvalue weighted by Gasteiger charge is -2.04. The van der Waals surface area contributed by atoms with Crippen molar-refractivity contribution in [3.8, 4) is 0 Å². The van der Waals surface area contributed by atoms with Gasteiger partial charge in [-0.05, 0) is 6.92 Å². The molecule has 0 radical (unpaired) electrons. The highest BCUT2D eigenvalue weighted by atomic mass is 35.5. The third-order valence-corrected chi connectivity index (χ3v) is 3.11. The molecule has 1 fully saturated rings. The summed E-state index contributed by atoms with van der Waals surface area (Å²) in [5, 5.41) is -1.58. The van der Waals surface area contributed by atoms with Gasteiger partial charge in [0.2, 0.25) is 5.06 Å². The van der Waals surface area contributed by atoms with Gasteiger partial charge >= 0.3 is 0 Å². The van der Waals surface area contributed by atoms with Gasteiger partial charge in [-0.3, -0.25) is 0 Å². The van der Waals surface area contributed by atoms with Crippen molar-refractivity contribution in [2.24, 2.45) is 0 Å². The molecule has 0 aromatic heterocycles. The van der Waals surface area contributed by atoms with Crippen molar-refractivity contribution >= 4 is 23.2 Å². The fourth-order valence-electron chi connectivity index (χ4n) is 1.21. The molecule has 64 valence electrons. The minimum Gasteiger partial charge on any atom is -0.325 e. The Balaban J connectivity index is 2.35. The first-order valence-corrected chi connectivity index (χ1v) is 4.45. The largest absolute Gasteiger partial charge is 0.325 e. The second kappa shape index (κ2) is 2.38. The number of alkyl halides is 2. The van der Waals surface area contributed by atoms with Gasteiger partial charge in [0.05, 0.1) is 0 Å². The van der Waals surface area contributed by atoms with Crippen molar-refractivity contribution in [1.29, 1.82) is 0 Å². The van der Waals surface area contributed by atoms with Crippen LogP contribution >= 0.6 is 23.2 Å². The van der Waals surface area contributed by atoms with Crippen LogP contribution in [0.4, 0.5) is 0 Å². The average molecular weight is 203 g/mol. The number of epoxide rings is 1. The minimum atomic E-state index is -0.824. The van der Waals surface area contributed by atoms with Gasteiger partial charge < -0.3 is 4.74 Å². The van der Waals surface area contributed by atoms with E-state index in [1.807, 2.05) is 30.3 Å². The highest BCUT2D eigenvalue weighted by molar-refractivity contribution is 6.36. The lowest BCUT2D eigenvalue weighted by molar-refractivity contribution is 0.346. The second-order valence-corrected chi connectivity index (χ2v) is 4.23. The first-order valence-electron chi connectivity index (χ1n) is 3.70. The van der Waals surface area contributed by atoms with Gasteiger partial charge in [-0.2, -0.15) is 0 Å². The summed E-state index contributed by atoms with van der Waals surface area (Å²) in [6.07, 6.45) is 0. The number of benzene rings is 1. The van der Waals surface area contributed by atoms with E-state index in [9.17, 15) is 0 Å². The monoisotopic (exact) mass is 202 g/mol. The van der Waals surface area contributed by atoms with Crippen molar-refractivity contribution in [2.45, 2.75) is 17.0 Å². The molecule has 1 aromatic rings. The number of halogens is 2. The third-order valence-electron chi connectivity index (χ3n) is 2.01. The van der Waals surface area contributed by atoms with Gasteiger partial charge in [0.25, 0.3) is 0 Å². The zero-order valence-electron chi connectivity index (χ0n) is 6.55. The Morgan fingerprint density at radius 2 is 1.67 bits per heavy atom. The van der Waals surface area contributed by atoms with E-state index in [0.29, 0.717) is 0 Å². The van der Waals surface area contributed by atoms with Crippen LogP contribution in [-0.2, 0) is 9.80 Å². The predicted molar refractivity (Wildman–Crippen MR) is 49.3 cm³/mol. The maximum atomic E-state index is 6.11. The molecule has 1 aliphatic rings. The molecule has 0 bridgehead atoms.